The molecule has 1 atom stereocenters. The highest BCUT2D eigenvalue weighted by Gasteiger charge is 2.08. The summed E-state index contributed by atoms with van der Waals surface area (Å²) in [6, 6.07) is 5.95. The first kappa shape index (κ1) is 15.8. The van der Waals surface area contributed by atoms with Crippen molar-refractivity contribution in [1.82, 2.24) is 4.90 Å². The molecule has 0 heterocycles. The van der Waals surface area contributed by atoms with E-state index in [4.69, 9.17) is 0 Å². The monoisotopic (exact) mass is 284 g/mol. The molecule has 5 nitrogen and oxygen atoms in total. The summed E-state index contributed by atoms with van der Waals surface area (Å²) in [7, 11) is -1.07. The van der Waals surface area contributed by atoms with Crippen LogP contribution >= 0.6 is 0 Å². The normalized spacial score (nSPS) is 12.6. The molecular weight excluding hydrogens is 264 g/mol. The van der Waals surface area contributed by atoms with Crippen LogP contribution in [0.1, 0.15) is 20.3 Å². The summed E-state index contributed by atoms with van der Waals surface area (Å²) >= 11 is 0. The topological polar surface area (TPSA) is 63.5 Å². The van der Waals surface area contributed by atoms with Gasteiger partial charge in [0.25, 0.3) is 5.69 Å². The van der Waals surface area contributed by atoms with Gasteiger partial charge in [-0.05, 0) is 38.2 Å². The zero-order valence-electron chi connectivity index (χ0n) is 11.4. The van der Waals surface area contributed by atoms with Crippen LogP contribution in [0.4, 0.5) is 5.69 Å². The summed E-state index contributed by atoms with van der Waals surface area (Å²) in [6.07, 6.45) is 0.866. The molecule has 1 unspecified atom stereocenters. The van der Waals surface area contributed by atoms with Gasteiger partial charge in [0.1, 0.15) is 0 Å². The third-order valence-electron chi connectivity index (χ3n) is 3.01. The number of hydrogen-bond acceptors (Lipinski definition) is 4. The summed E-state index contributed by atoms with van der Waals surface area (Å²) in [5.74, 6) is 0.592. The Balaban J connectivity index is 2.47. The van der Waals surface area contributed by atoms with Crippen LogP contribution in [-0.4, -0.2) is 39.4 Å². The molecule has 6 heteroatoms. The van der Waals surface area contributed by atoms with Gasteiger partial charge in [0.15, 0.2) is 0 Å². The molecule has 0 bridgehead atoms. The molecule has 0 aliphatic carbocycles. The molecule has 0 amide bonds. The first-order valence-electron chi connectivity index (χ1n) is 6.43. The Morgan fingerprint density at radius 3 is 2.26 bits per heavy atom. The first-order chi connectivity index (χ1) is 9.08. The van der Waals surface area contributed by atoms with E-state index in [2.05, 4.69) is 18.7 Å². The molecule has 1 rings (SSSR count). The molecule has 0 saturated carbocycles. The lowest BCUT2D eigenvalue weighted by Crippen LogP contribution is -2.25. The summed E-state index contributed by atoms with van der Waals surface area (Å²) in [5, 5.41) is 10.5. The second kappa shape index (κ2) is 8.01. The standard InChI is InChI=1S/C13H20N2O3S/c1-3-14(4-2)10-5-11-19(18)13-8-6-12(7-9-13)15(16)17/h6-9H,3-5,10-11H2,1-2H3. The molecule has 0 saturated heterocycles. The second-order valence-electron chi connectivity index (χ2n) is 4.18. The Kier molecular flexibility index (Phi) is 6.66. The number of non-ortho nitro benzene ring substituents is 1. The average molecular weight is 284 g/mol. The number of nitrogens with zero attached hydrogens (tertiary/aromatic N) is 2. The molecule has 0 spiro atoms. The van der Waals surface area contributed by atoms with Crippen molar-refractivity contribution >= 4 is 16.5 Å². The SMILES string of the molecule is CCN(CC)CCCS(=O)c1ccc([N+](=O)[O-])cc1. The van der Waals surface area contributed by atoms with E-state index >= 15 is 0 Å². The van der Waals surface area contributed by atoms with Crippen LogP contribution in [0.5, 0.6) is 0 Å². The number of rotatable bonds is 8. The van der Waals surface area contributed by atoms with Crippen LogP contribution in [-0.2, 0) is 10.8 Å². The zero-order valence-corrected chi connectivity index (χ0v) is 12.2. The summed E-state index contributed by atoms with van der Waals surface area (Å²) in [5.41, 5.74) is 0.0314. The first-order valence-corrected chi connectivity index (χ1v) is 7.75. The van der Waals surface area contributed by atoms with E-state index in [1.807, 2.05) is 0 Å². The van der Waals surface area contributed by atoms with Gasteiger partial charge >= 0.3 is 0 Å². The molecule has 0 N–H and O–H groups in total. The molecule has 0 fully saturated rings. The Hall–Kier alpha value is -1.27. The van der Waals surface area contributed by atoms with E-state index < -0.39 is 15.7 Å². The highest BCUT2D eigenvalue weighted by Crippen LogP contribution is 2.15. The summed E-state index contributed by atoms with van der Waals surface area (Å²) < 4.78 is 12.0. The fraction of sp³-hybridized carbons (Fsp3) is 0.538. The lowest BCUT2D eigenvalue weighted by atomic mass is 10.3. The largest absolute Gasteiger partial charge is 0.304 e. The fourth-order valence-electron chi connectivity index (χ4n) is 1.80. The molecule has 0 aromatic heterocycles. The quantitative estimate of drug-likeness (QED) is 0.543. The van der Waals surface area contributed by atoms with Crippen molar-refractivity contribution in [2.75, 3.05) is 25.4 Å². The maximum absolute atomic E-state index is 12.0. The maximum atomic E-state index is 12.0. The number of nitro groups is 1. The molecule has 0 aliphatic rings. The van der Waals surface area contributed by atoms with E-state index in [1.165, 1.54) is 12.1 Å². The number of nitro benzene ring substituents is 1. The van der Waals surface area contributed by atoms with Gasteiger partial charge in [-0.2, -0.15) is 0 Å². The van der Waals surface area contributed by atoms with Gasteiger partial charge in [-0.25, -0.2) is 0 Å². The Morgan fingerprint density at radius 1 is 1.21 bits per heavy atom. The van der Waals surface area contributed by atoms with Crippen LogP contribution in [0.15, 0.2) is 29.2 Å². The predicted molar refractivity (Wildman–Crippen MR) is 76.8 cm³/mol. The van der Waals surface area contributed by atoms with Crippen LogP contribution in [0.25, 0.3) is 0 Å². The average Bonchev–Trinajstić information content (AvgIpc) is 2.43. The van der Waals surface area contributed by atoms with Gasteiger partial charge in [-0.1, -0.05) is 13.8 Å². The van der Waals surface area contributed by atoms with Crippen LogP contribution in [0, 0.1) is 10.1 Å². The minimum Gasteiger partial charge on any atom is -0.304 e. The van der Waals surface area contributed by atoms with Gasteiger partial charge in [-0.15, -0.1) is 0 Å². The highest BCUT2D eigenvalue weighted by molar-refractivity contribution is 7.85. The van der Waals surface area contributed by atoms with Gasteiger partial charge in [0.05, 0.1) is 15.7 Å². The van der Waals surface area contributed by atoms with Crippen molar-refractivity contribution in [3.63, 3.8) is 0 Å². The van der Waals surface area contributed by atoms with Crippen molar-refractivity contribution in [2.45, 2.75) is 25.2 Å². The van der Waals surface area contributed by atoms with Gasteiger partial charge in [0.2, 0.25) is 0 Å². The third kappa shape index (κ3) is 5.08. The molecule has 1 aromatic carbocycles. The second-order valence-corrected chi connectivity index (χ2v) is 5.75. The van der Waals surface area contributed by atoms with Gasteiger partial charge in [0, 0.05) is 22.8 Å². The van der Waals surface area contributed by atoms with Crippen molar-refractivity contribution in [1.29, 1.82) is 0 Å². The minimum absolute atomic E-state index is 0.0314. The molecular formula is C13H20N2O3S. The lowest BCUT2D eigenvalue weighted by molar-refractivity contribution is -0.384. The zero-order chi connectivity index (χ0) is 14.3. The van der Waals surface area contributed by atoms with Crippen LogP contribution in [0.3, 0.4) is 0 Å². The van der Waals surface area contributed by atoms with Crippen LogP contribution < -0.4 is 0 Å². The predicted octanol–water partition coefficient (Wildman–Crippen LogP) is 2.43. The minimum atomic E-state index is -1.07. The van der Waals surface area contributed by atoms with E-state index in [9.17, 15) is 14.3 Å². The van der Waals surface area contributed by atoms with Gasteiger partial charge < -0.3 is 4.90 Å². The maximum Gasteiger partial charge on any atom is 0.269 e. The van der Waals surface area contributed by atoms with Crippen molar-refractivity contribution < 1.29 is 9.13 Å². The molecule has 106 valence electrons. The van der Waals surface area contributed by atoms with Crippen molar-refractivity contribution in [3.05, 3.63) is 34.4 Å². The van der Waals surface area contributed by atoms with Crippen molar-refractivity contribution in [2.24, 2.45) is 0 Å². The number of benzene rings is 1. The van der Waals surface area contributed by atoms with Gasteiger partial charge in [-0.3, -0.25) is 14.3 Å². The molecule has 0 aliphatic heterocycles. The Bertz CT molecular complexity index is 430. The molecule has 1 aromatic rings. The van der Waals surface area contributed by atoms with Crippen molar-refractivity contribution in [3.8, 4) is 0 Å². The molecule has 19 heavy (non-hydrogen) atoms. The summed E-state index contributed by atoms with van der Waals surface area (Å²) in [6.45, 7) is 7.15. The molecule has 0 radical (unpaired) electrons. The van der Waals surface area contributed by atoms with E-state index in [1.54, 1.807) is 12.1 Å². The Labute approximate surface area is 116 Å². The highest BCUT2D eigenvalue weighted by atomic mass is 32.2. The van der Waals surface area contributed by atoms with E-state index in [-0.39, 0.29) is 5.69 Å². The smallest absolute Gasteiger partial charge is 0.269 e. The lowest BCUT2D eigenvalue weighted by Gasteiger charge is -2.17. The van der Waals surface area contributed by atoms with E-state index in [0.29, 0.717) is 10.6 Å². The van der Waals surface area contributed by atoms with E-state index in [0.717, 1.165) is 26.1 Å². The Morgan fingerprint density at radius 2 is 1.79 bits per heavy atom. The fourth-order valence-corrected chi connectivity index (χ4v) is 2.86. The summed E-state index contributed by atoms with van der Waals surface area (Å²) in [4.78, 5) is 13.0. The third-order valence-corrected chi connectivity index (χ3v) is 4.47. The van der Waals surface area contributed by atoms with Crippen LogP contribution in [0.2, 0.25) is 0 Å². The number of hydrogen-bond donors (Lipinski definition) is 0.